The predicted octanol–water partition coefficient (Wildman–Crippen LogP) is 4.45. The quantitative estimate of drug-likeness (QED) is 0.340. The zero-order valence-corrected chi connectivity index (χ0v) is 27.7. The van der Waals surface area contributed by atoms with Gasteiger partial charge in [0.25, 0.3) is 5.91 Å². The molecule has 4 aliphatic rings. The molecule has 3 aromatic rings. The van der Waals surface area contributed by atoms with Gasteiger partial charge in [-0.2, -0.15) is 0 Å². The van der Waals surface area contributed by atoms with E-state index in [1.165, 1.54) is 11.3 Å². The van der Waals surface area contributed by atoms with Crippen LogP contribution in [-0.2, 0) is 14.3 Å². The third-order valence-corrected chi connectivity index (χ3v) is 10.1. The van der Waals surface area contributed by atoms with Gasteiger partial charge in [0.1, 0.15) is 15.5 Å². The van der Waals surface area contributed by atoms with Crippen molar-refractivity contribution in [3.63, 3.8) is 0 Å². The van der Waals surface area contributed by atoms with E-state index in [9.17, 15) is 14.4 Å². The minimum absolute atomic E-state index is 0.0342. The van der Waals surface area contributed by atoms with Gasteiger partial charge in [0.15, 0.2) is 0 Å². The van der Waals surface area contributed by atoms with Crippen molar-refractivity contribution in [1.29, 1.82) is 0 Å². The minimum Gasteiger partial charge on any atom is -0.491 e. The Bertz CT molecular complexity index is 1710. The number of carbonyl (C=O) groups excluding carboxylic acids is 3. The second kappa shape index (κ2) is 13.2. The SMILES string of the molecule is Cc1cc(OC(C)C)ccc1N1C(=O)Nc2c(C(=O)NC3CCCN(C(=O)/C=C/CN4C[C@@H]5OCCO[C@@H]5C4)C3)sc3nccc1c23. The zero-order chi connectivity index (χ0) is 32.7. The summed E-state index contributed by atoms with van der Waals surface area (Å²) in [5, 5.41) is 6.83. The summed E-state index contributed by atoms with van der Waals surface area (Å²) < 4.78 is 17.4. The summed E-state index contributed by atoms with van der Waals surface area (Å²) in [6.07, 6.45) is 6.98. The third-order valence-electron chi connectivity index (χ3n) is 8.96. The number of carbonyl (C=O) groups is 3. The van der Waals surface area contributed by atoms with Crippen LogP contribution in [0.4, 0.5) is 21.9 Å². The fourth-order valence-corrected chi connectivity index (χ4v) is 7.87. The summed E-state index contributed by atoms with van der Waals surface area (Å²) in [7, 11) is 0. The Balaban J connectivity index is 1.02. The molecule has 3 saturated heterocycles. The number of fused-ring (bicyclic) bond motifs is 1. The number of anilines is 3. The molecule has 6 heterocycles. The van der Waals surface area contributed by atoms with Crippen LogP contribution in [0.15, 0.2) is 42.6 Å². The Labute approximate surface area is 277 Å². The van der Waals surface area contributed by atoms with Gasteiger partial charge >= 0.3 is 6.03 Å². The van der Waals surface area contributed by atoms with Gasteiger partial charge in [0.2, 0.25) is 5.91 Å². The number of hydrogen-bond acceptors (Lipinski definition) is 9. The van der Waals surface area contributed by atoms with Crippen LogP contribution in [0, 0.1) is 6.92 Å². The smallest absolute Gasteiger partial charge is 0.331 e. The number of likely N-dealkylation sites (tertiary alicyclic amines) is 2. The number of amides is 4. The van der Waals surface area contributed by atoms with Crippen LogP contribution < -0.4 is 20.3 Å². The molecule has 0 aliphatic carbocycles. The highest BCUT2D eigenvalue weighted by Gasteiger charge is 2.37. The maximum Gasteiger partial charge on any atom is 0.331 e. The fourth-order valence-electron chi connectivity index (χ4n) is 6.85. The number of aryl methyl sites for hydroxylation is 1. The van der Waals surface area contributed by atoms with Gasteiger partial charge in [-0.3, -0.25) is 19.4 Å². The van der Waals surface area contributed by atoms with Crippen molar-refractivity contribution >= 4 is 56.5 Å². The van der Waals surface area contributed by atoms with Crippen molar-refractivity contribution in [3.05, 3.63) is 53.1 Å². The summed E-state index contributed by atoms with van der Waals surface area (Å²) in [4.78, 5) is 51.6. The summed E-state index contributed by atoms with van der Waals surface area (Å²) in [6.45, 7) is 10.5. The maximum atomic E-state index is 13.7. The Morgan fingerprint density at radius 3 is 2.68 bits per heavy atom. The Hall–Kier alpha value is -4.04. The first-order chi connectivity index (χ1) is 22.7. The molecule has 2 aromatic heterocycles. The van der Waals surface area contributed by atoms with Gasteiger partial charge in [0.05, 0.1) is 54.0 Å². The van der Waals surface area contributed by atoms with Gasteiger partial charge in [-0.15, -0.1) is 11.3 Å². The molecule has 3 atom stereocenters. The van der Waals surface area contributed by atoms with Crippen LogP contribution in [0.5, 0.6) is 5.75 Å². The van der Waals surface area contributed by atoms with Crippen molar-refractivity contribution in [1.82, 2.24) is 20.1 Å². The lowest BCUT2D eigenvalue weighted by Gasteiger charge is -2.33. The van der Waals surface area contributed by atoms with E-state index in [0.717, 1.165) is 48.3 Å². The summed E-state index contributed by atoms with van der Waals surface area (Å²) >= 11 is 1.25. The topological polar surface area (TPSA) is 126 Å². The molecular formula is C34H40N6O6S. The Kier molecular flexibility index (Phi) is 8.88. The minimum atomic E-state index is -0.355. The molecule has 0 bridgehead atoms. The number of nitrogens with zero attached hydrogens (tertiary/aromatic N) is 4. The first-order valence-electron chi connectivity index (χ1n) is 16.3. The second-order valence-corrected chi connectivity index (χ2v) is 13.7. The predicted molar refractivity (Wildman–Crippen MR) is 180 cm³/mol. The van der Waals surface area contributed by atoms with E-state index >= 15 is 0 Å². The summed E-state index contributed by atoms with van der Waals surface area (Å²) in [6, 6.07) is 6.88. The van der Waals surface area contributed by atoms with Gasteiger partial charge in [0, 0.05) is 51.0 Å². The van der Waals surface area contributed by atoms with E-state index in [4.69, 9.17) is 14.2 Å². The molecule has 1 aromatic carbocycles. The van der Waals surface area contributed by atoms with Crippen LogP contribution in [0.2, 0.25) is 0 Å². The first-order valence-corrected chi connectivity index (χ1v) is 17.1. The van der Waals surface area contributed by atoms with E-state index in [-0.39, 0.29) is 42.2 Å². The monoisotopic (exact) mass is 660 g/mol. The highest BCUT2D eigenvalue weighted by Crippen LogP contribution is 2.46. The number of hydrogen-bond donors (Lipinski definition) is 2. The highest BCUT2D eigenvalue weighted by atomic mass is 32.1. The van der Waals surface area contributed by atoms with Gasteiger partial charge in [-0.05, 0) is 63.4 Å². The number of urea groups is 1. The number of benzene rings is 1. The van der Waals surface area contributed by atoms with E-state index in [0.29, 0.717) is 53.9 Å². The molecule has 7 rings (SSSR count). The lowest BCUT2D eigenvalue weighted by atomic mass is 10.0. The van der Waals surface area contributed by atoms with E-state index in [2.05, 4.69) is 20.5 Å². The molecule has 0 saturated carbocycles. The number of ether oxygens (including phenoxy) is 3. The van der Waals surface area contributed by atoms with Gasteiger partial charge < -0.3 is 29.7 Å². The Morgan fingerprint density at radius 2 is 1.94 bits per heavy atom. The third kappa shape index (κ3) is 6.45. The van der Waals surface area contributed by atoms with E-state index < -0.39 is 0 Å². The van der Waals surface area contributed by atoms with Crippen molar-refractivity contribution in [2.24, 2.45) is 0 Å². The molecule has 13 heteroatoms. The maximum absolute atomic E-state index is 13.7. The molecule has 0 radical (unpaired) electrons. The summed E-state index contributed by atoms with van der Waals surface area (Å²) in [5.74, 6) is 0.382. The highest BCUT2D eigenvalue weighted by molar-refractivity contribution is 7.21. The molecule has 47 heavy (non-hydrogen) atoms. The molecule has 1 unspecified atom stereocenters. The molecule has 0 spiro atoms. The second-order valence-electron chi connectivity index (χ2n) is 12.7. The van der Waals surface area contributed by atoms with Crippen molar-refractivity contribution in [2.75, 3.05) is 56.2 Å². The van der Waals surface area contributed by atoms with Crippen molar-refractivity contribution < 1.29 is 28.6 Å². The average molecular weight is 661 g/mol. The lowest BCUT2D eigenvalue weighted by molar-refractivity contribution is -0.127. The van der Waals surface area contributed by atoms with E-state index in [1.807, 2.05) is 45.0 Å². The number of aromatic nitrogens is 1. The molecule has 248 valence electrons. The molecule has 3 fully saturated rings. The van der Waals surface area contributed by atoms with Crippen LogP contribution in [0.1, 0.15) is 41.9 Å². The van der Waals surface area contributed by atoms with Crippen LogP contribution in [-0.4, -0.2) is 103 Å². The Morgan fingerprint density at radius 1 is 1.15 bits per heavy atom. The normalized spacial score (nSPS) is 23.0. The molecular weight excluding hydrogens is 620 g/mol. The largest absolute Gasteiger partial charge is 0.491 e. The molecule has 4 amide bonds. The van der Waals surface area contributed by atoms with Crippen LogP contribution >= 0.6 is 11.3 Å². The van der Waals surface area contributed by atoms with Crippen LogP contribution in [0.25, 0.3) is 10.2 Å². The molecule has 4 aliphatic heterocycles. The average Bonchev–Trinajstić information content (AvgIpc) is 3.63. The number of thiophene rings is 1. The van der Waals surface area contributed by atoms with Gasteiger partial charge in [-0.25, -0.2) is 9.78 Å². The van der Waals surface area contributed by atoms with E-state index in [1.54, 1.807) is 28.1 Å². The fraction of sp³-hybridized carbons (Fsp3) is 0.471. The standard InChI is InChI=1S/C34H40N6O6S/c1-20(2)46-23-8-9-24(21(3)16-23)40-25-10-11-35-33-29(25)30(37-34(40)43)31(47-33)32(42)36-22-6-4-13-39(17-22)28(41)7-5-12-38-18-26-27(19-38)45-15-14-44-26/h5,7-11,16,20,22,26-27H,4,6,12-15,17-19H2,1-3H3,(H,36,42)(H,37,43)/b7-5+/t22?,26-,27+. The lowest BCUT2D eigenvalue weighted by Crippen LogP contribution is -2.49. The van der Waals surface area contributed by atoms with Crippen molar-refractivity contribution in [3.8, 4) is 5.75 Å². The molecule has 2 N–H and O–H groups in total. The zero-order valence-electron chi connectivity index (χ0n) is 26.9. The van der Waals surface area contributed by atoms with Gasteiger partial charge in [-0.1, -0.05) is 6.08 Å². The summed E-state index contributed by atoms with van der Waals surface area (Å²) in [5.41, 5.74) is 2.73. The number of nitrogens with one attached hydrogen (secondary N) is 2. The number of pyridine rings is 1. The van der Waals surface area contributed by atoms with Crippen LogP contribution in [0.3, 0.4) is 0 Å². The number of rotatable bonds is 8. The molecule has 12 nitrogen and oxygen atoms in total. The first kappa shape index (κ1) is 31.6. The van der Waals surface area contributed by atoms with Crippen molar-refractivity contribution in [2.45, 2.75) is 58.0 Å². The number of piperidine rings is 1.